The maximum atomic E-state index is 11.6. The van der Waals surface area contributed by atoms with Crippen LogP contribution in [0.25, 0.3) is 0 Å². The van der Waals surface area contributed by atoms with Crippen LogP contribution in [0.2, 0.25) is 0 Å². The van der Waals surface area contributed by atoms with Crippen LogP contribution in [0.3, 0.4) is 0 Å². The van der Waals surface area contributed by atoms with Crippen molar-refractivity contribution in [2.24, 2.45) is 0 Å². The highest BCUT2D eigenvalue weighted by Gasteiger charge is 2.40. The van der Waals surface area contributed by atoms with E-state index in [9.17, 15) is 23.4 Å². The minimum absolute atomic E-state index is 0.156. The molecular weight excluding hydrogens is 735 g/mol. The second-order valence-electron chi connectivity index (χ2n) is 5.36. The molecule has 0 aliphatic carbocycles. The van der Waals surface area contributed by atoms with Crippen LogP contribution in [0.4, 0.5) is 0 Å². The summed E-state index contributed by atoms with van der Waals surface area (Å²) < 4.78 is 40.6. The molecular formula is C15H12I3NO8S. The van der Waals surface area contributed by atoms with Crippen LogP contribution in [0.1, 0.15) is 5.56 Å². The van der Waals surface area contributed by atoms with Gasteiger partial charge >= 0.3 is 16.4 Å². The van der Waals surface area contributed by atoms with Crippen LogP contribution in [0.15, 0.2) is 42.5 Å². The third kappa shape index (κ3) is 6.44. The standard InChI is InChI=1S/C15H12I3NO8S/c16-15(14(21)22,19(17)18)8-9-1-3-10(4-2-9)26-11-5-6-12(20)13(7-11)27-28(23,24)25/h1-7,20H,8H2,(H,21,22)(H,23,24,25)/t15-/m0/s1. The van der Waals surface area contributed by atoms with Crippen molar-refractivity contribution >= 4 is 84.7 Å². The summed E-state index contributed by atoms with van der Waals surface area (Å²) in [6.45, 7) is 0. The third-order valence-electron chi connectivity index (χ3n) is 3.32. The normalized spacial score (nSPS) is 13.8. The van der Waals surface area contributed by atoms with E-state index in [0.29, 0.717) is 5.75 Å². The molecule has 0 bridgehead atoms. The first kappa shape index (κ1) is 23.6. The fraction of sp³-hybridized carbons (Fsp3) is 0.133. The van der Waals surface area contributed by atoms with Gasteiger partial charge in [-0.15, -0.1) is 0 Å². The molecule has 0 unspecified atom stereocenters. The number of rotatable bonds is 8. The van der Waals surface area contributed by atoms with Gasteiger partial charge in [0.15, 0.2) is 15.0 Å². The van der Waals surface area contributed by atoms with Gasteiger partial charge in [-0.05, 0) is 52.4 Å². The lowest BCUT2D eigenvalue weighted by molar-refractivity contribution is -0.140. The summed E-state index contributed by atoms with van der Waals surface area (Å²) >= 11 is 5.70. The monoisotopic (exact) mass is 747 g/mol. The largest absolute Gasteiger partial charge is 0.504 e. The number of nitrogens with zero attached hydrogens (tertiary/aromatic N) is 1. The third-order valence-corrected chi connectivity index (χ3v) is 8.53. The van der Waals surface area contributed by atoms with Gasteiger partial charge in [-0.3, -0.25) is 4.55 Å². The van der Waals surface area contributed by atoms with Gasteiger partial charge in [-0.1, -0.05) is 12.1 Å². The molecule has 0 aliphatic rings. The van der Waals surface area contributed by atoms with Crippen molar-refractivity contribution in [2.45, 2.75) is 9.97 Å². The Balaban J connectivity index is 2.17. The second kappa shape index (κ2) is 9.45. The molecule has 9 nitrogen and oxygen atoms in total. The van der Waals surface area contributed by atoms with Gasteiger partial charge in [0.2, 0.25) is 0 Å². The number of phenols is 1. The Kier molecular flexibility index (Phi) is 7.98. The highest BCUT2D eigenvalue weighted by atomic mass is 127. The molecule has 0 aromatic heterocycles. The minimum atomic E-state index is -4.80. The molecule has 0 aliphatic heterocycles. The highest BCUT2D eigenvalue weighted by Crippen LogP contribution is 2.36. The summed E-state index contributed by atoms with van der Waals surface area (Å²) in [5.41, 5.74) is 0.767. The van der Waals surface area contributed by atoms with E-state index in [1.54, 1.807) is 25.6 Å². The Bertz CT molecular complexity index is 968. The lowest BCUT2D eigenvalue weighted by atomic mass is 10.1. The van der Waals surface area contributed by atoms with Crippen molar-refractivity contribution in [1.29, 1.82) is 0 Å². The number of alkyl halides is 1. The number of hydrogen-bond donors (Lipinski definition) is 3. The number of aliphatic carboxylic acids is 1. The molecule has 0 heterocycles. The van der Waals surface area contributed by atoms with Gasteiger partial charge in [-0.25, -0.2) is 4.79 Å². The van der Waals surface area contributed by atoms with E-state index in [-0.39, 0.29) is 12.2 Å². The van der Waals surface area contributed by atoms with Crippen LogP contribution in [-0.2, 0) is 21.6 Å². The Morgan fingerprint density at radius 3 is 2.18 bits per heavy atom. The number of aromatic hydroxyl groups is 1. The molecule has 13 heteroatoms. The van der Waals surface area contributed by atoms with Crippen molar-refractivity contribution < 1.29 is 36.9 Å². The summed E-state index contributed by atoms with van der Waals surface area (Å²) in [7, 11) is -4.80. The maximum Gasteiger partial charge on any atom is 0.446 e. The van der Waals surface area contributed by atoms with E-state index >= 15 is 0 Å². The summed E-state index contributed by atoms with van der Waals surface area (Å²) in [4.78, 5) is 11.6. The molecule has 0 spiro atoms. The van der Waals surface area contributed by atoms with Gasteiger partial charge < -0.3 is 19.1 Å². The van der Waals surface area contributed by atoms with E-state index in [1.807, 2.05) is 68.3 Å². The molecule has 0 saturated heterocycles. The molecule has 2 rings (SSSR count). The number of halogens is 3. The van der Waals surface area contributed by atoms with E-state index < -0.39 is 31.4 Å². The van der Waals surface area contributed by atoms with Crippen LogP contribution >= 0.6 is 68.3 Å². The number of ether oxygens (including phenoxy) is 1. The Morgan fingerprint density at radius 1 is 1.11 bits per heavy atom. The first-order valence-electron chi connectivity index (χ1n) is 7.21. The topological polar surface area (TPSA) is 134 Å². The molecule has 2 aromatic carbocycles. The zero-order valence-corrected chi connectivity index (χ0v) is 20.9. The average Bonchev–Trinajstić information content (AvgIpc) is 2.58. The van der Waals surface area contributed by atoms with Gasteiger partial charge in [0.05, 0.1) is 0 Å². The summed E-state index contributed by atoms with van der Waals surface area (Å²) in [5, 5.41) is 19.1. The maximum absolute atomic E-state index is 11.6. The molecule has 0 radical (unpaired) electrons. The Hall–Kier alpha value is -0.630. The van der Waals surface area contributed by atoms with E-state index in [4.69, 9.17) is 9.29 Å². The van der Waals surface area contributed by atoms with Crippen molar-refractivity contribution in [3.8, 4) is 23.0 Å². The summed E-state index contributed by atoms with van der Waals surface area (Å²) in [6.07, 6.45) is 0.251. The molecule has 28 heavy (non-hydrogen) atoms. The average molecular weight is 747 g/mol. The predicted molar refractivity (Wildman–Crippen MR) is 125 cm³/mol. The summed E-state index contributed by atoms with van der Waals surface area (Å²) in [5.74, 6) is -1.40. The Morgan fingerprint density at radius 2 is 1.68 bits per heavy atom. The zero-order valence-electron chi connectivity index (χ0n) is 13.6. The summed E-state index contributed by atoms with van der Waals surface area (Å²) in [6, 6.07) is 10.3. The van der Waals surface area contributed by atoms with Gasteiger partial charge in [-0.2, -0.15) is 9.74 Å². The molecule has 2 aromatic rings. The predicted octanol–water partition coefficient (Wildman–Crippen LogP) is 4.13. The first-order valence-corrected chi connectivity index (χ1v) is 11.6. The molecule has 0 saturated carbocycles. The smallest absolute Gasteiger partial charge is 0.446 e. The molecule has 3 N–H and O–H groups in total. The van der Waals surface area contributed by atoms with Crippen molar-refractivity contribution in [1.82, 2.24) is 1.33 Å². The number of carbonyl (C=O) groups is 1. The fourth-order valence-electron chi connectivity index (χ4n) is 2.03. The number of hydrogen-bond acceptors (Lipinski definition) is 7. The van der Waals surface area contributed by atoms with Crippen molar-refractivity contribution in [3.05, 3.63) is 48.0 Å². The number of carboxylic acid groups (broad SMARTS) is 1. The second-order valence-corrected chi connectivity index (χ2v) is 11.9. The molecule has 0 amide bonds. The SMILES string of the molecule is O=C(O)[C@](I)(Cc1ccc(Oc2ccc(O)c(OS(=O)(=O)O)c2)cc1)N(I)I. The number of carboxylic acids is 1. The van der Waals surface area contributed by atoms with Gasteiger partial charge in [0, 0.05) is 58.2 Å². The Labute approximate surface area is 202 Å². The zero-order chi connectivity index (χ0) is 21.1. The van der Waals surface area contributed by atoms with Crippen LogP contribution in [-0.4, -0.2) is 34.0 Å². The van der Waals surface area contributed by atoms with Crippen LogP contribution in [0, 0.1) is 0 Å². The number of benzene rings is 2. The molecule has 1 atom stereocenters. The van der Waals surface area contributed by atoms with Crippen molar-refractivity contribution in [2.75, 3.05) is 0 Å². The minimum Gasteiger partial charge on any atom is -0.504 e. The van der Waals surface area contributed by atoms with Crippen molar-refractivity contribution in [3.63, 3.8) is 0 Å². The first-order chi connectivity index (χ1) is 12.9. The van der Waals surface area contributed by atoms with E-state index in [2.05, 4.69) is 4.18 Å². The lowest BCUT2D eigenvalue weighted by Crippen LogP contribution is -2.41. The van der Waals surface area contributed by atoms with Gasteiger partial charge in [0.25, 0.3) is 0 Å². The lowest BCUT2D eigenvalue weighted by Gasteiger charge is -2.26. The van der Waals surface area contributed by atoms with E-state index in [0.717, 1.165) is 17.7 Å². The van der Waals surface area contributed by atoms with Crippen LogP contribution in [0.5, 0.6) is 23.0 Å². The van der Waals surface area contributed by atoms with Crippen LogP contribution < -0.4 is 8.92 Å². The number of phenolic OH excluding ortho intramolecular Hbond substituents is 1. The molecule has 152 valence electrons. The quantitative estimate of drug-likeness (QED) is 0.120. The molecule has 0 fully saturated rings. The highest BCUT2D eigenvalue weighted by molar-refractivity contribution is 14.2. The van der Waals surface area contributed by atoms with Gasteiger partial charge in [0.1, 0.15) is 11.5 Å². The van der Waals surface area contributed by atoms with E-state index in [1.165, 1.54) is 6.07 Å². The fourth-order valence-corrected chi connectivity index (χ4v) is 3.58.